The molecule has 1 atom stereocenters. The molecular formula is C15H12ClN. The van der Waals surface area contributed by atoms with Gasteiger partial charge in [-0.05, 0) is 29.8 Å². The van der Waals surface area contributed by atoms with Crippen molar-refractivity contribution in [3.63, 3.8) is 0 Å². The second kappa shape index (κ2) is 4.27. The molecule has 0 spiro atoms. The lowest BCUT2D eigenvalue weighted by Crippen LogP contribution is -2.27. The van der Waals surface area contributed by atoms with Crippen LogP contribution in [0.3, 0.4) is 0 Å². The van der Waals surface area contributed by atoms with E-state index in [-0.39, 0.29) is 5.50 Å². The lowest BCUT2D eigenvalue weighted by Gasteiger charge is -2.32. The van der Waals surface area contributed by atoms with Crippen LogP contribution in [0.4, 0.5) is 11.4 Å². The topological polar surface area (TPSA) is 3.24 Å². The minimum Gasteiger partial charge on any atom is -0.320 e. The van der Waals surface area contributed by atoms with Crippen molar-refractivity contribution >= 4 is 29.1 Å². The molecule has 0 radical (unpaired) electrons. The summed E-state index contributed by atoms with van der Waals surface area (Å²) in [4.78, 5) is 2.14. The number of halogens is 1. The highest BCUT2D eigenvalue weighted by Crippen LogP contribution is 2.36. The van der Waals surface area contributed by atoms with Crippen molar-refractivity contribution in [3.8, 4) is 0 Å². The number of hydrogen-bond donors (Lipinski definition) is 0. The van der Waals surface area contributed by atoms with Gasteiger partial charge in [0.1, 0.15) is 5.50 Å². The van der Waals surface area contributed by atoms with Gasteiger partial charge in [0.15, 0.2) is 0 Å². The smallest absolute Gasteiger partial charge is 0.127 e. The number of anilines is 2. The maximum atomic E-state index is 6.38. The standard InChI is InChI=1S/C15H12ClN/c16-15-11-10-12-6-4-5-9-14(12)17(15)13-7-2-1-3-8-13/h1-11,15H. The van der Waals surface area contributed by atoms with Crippen LogP contribution in [0.2, 0.25) is 0 Å². The lowest BCUT2D eigenvalue weighted by atomic mass is 10.1. The summed E-state index contributed by atoms with van der Waals surface area (Å²) in [7, 11) is 0. The summed E-state index contributed by atoms with van der Waals surface area (Å²) in [5.74, 6) is 0. The monoisotopic (exact) mass is 241 g/mol. The third-order valence-electron chi connectivity index (χ3n) is 2.91. The van der Waals surface area contributed by atoms with Gasteiger partial charge < -0.3 is 4.90 Å². The zero-order chi connectivity index (χ0) is 11.7. The molecule has 0 aliphatic carbocycles. The van der Waals surface area contributed by atoms with E-state index in [1.807, 2.05) is 36.4 Å². The molecule has 0 amide bonds. The van der Waals surface area contributed by atoms with Crippen molar-refractivity contribution in [1.82, 2.24) is 0 Å². The molecule has 1 nitrogen and oxygen atoms in total. The van der Waals surface area contributed by atoms with Crippen LogP contribution in [0.25, 0.3) is 6.08 Å². The van der Waals surface area contributed by atoms with Gasteiger partial charge in [-0.3, -0.25) is 0 Å². The number of fused-ring (bicyclic) bond motifs is 1. The number of para-hydroxylation sites is 2. The Hall–Kier alpha value is -1.73. The largest absolute Gasteiger partial charge is 0.320 e. The first-order valence-corrected chi connectivity index (χ1v) is 6.05. The van der Waals surface area contributed by atoms with E-state index in [1.165, 1.54) is 5.56 Å². The number of alkyl halides is 1. The molecule has 1 aliphatic heterocycles. The van der Waals surface area contributed by atoms with Crippen molar-refractivity contribution in [1.29, 1.82) is 0 Å². The molecule has 2 aromatic rings. The molecule has 0 N–H and O–H groups in total. The number of nitrogens with zero attached hydrogens (tertiary/aromatic N) is 1. The van der Waals surface area contributed by atoms with Crippen LogP contribution in [-0.4, -0.2) is 5.50 Å². The van der Waals surface area contributed by atoms with Crippen molar-refractivity contribution < 1.29 is 0 Å². The minimum absolute atomic E-state index is 0.132. The highest BCUT2D eigenvalue weighted by molar-refractivity contribution is 6.24. The average Bonchev–Trinajstić information content (AvgIpc) is 2.39. The summed E-state index contributed by atoms with van der Waals surface area (Å²) < 4.78 is 0. The third-order valence-corrected chi connectivity index (χ3v) is 3.25. The second-order valence-corrected chi connectivity index (χ2v) is 4.44. The molecule has 0 bridgehead atoms. The second-order valence-electron chi connectivity index (χ2n) is 4.00. The average molecular weight is 242 g/mol. The van der Waals surface area contributed by atoms with Crippen LogP contribution in [0.1, 0.15) is 5.56 Å². The molecule has 2 heteroatoms. The Labute approximate surface area is 106 Å². The molecule has 1 heterocycles. The molecule has 17 heavy (non-hydrogen) atoms. The number of hydrogen-bond acceptors (Lipinski definition) is 1. The van der Waals surface area contributed by atoms with Crippen LogP contribution in [0, 0.1) is 0 Å². The van der Waals surface area contributed by atoms with E-state index in [0.29, 0.717) is 0 Å². The van der Waals surface area contributed by atoms with Crippen LogP contribution in [0.15, 0.2) is 60.7 Å². The van der Waals surface area contributed by atoms with E-state index in [4.69, 9.17) is 11.6 Å². The van der Waals surface area contributed by atoms with Gasteiger partial charge in [0.05, 0.1) is 5.69 Å². The molecule has 0 saturated carbocycles. The summed E-state index contributed by atoms with van der Waals surface area (Å²) in [6.45, 7) is 0. The van der Waals surface area contributed by atoms with Crippen molar-refractivity contribution in [3.05, 3.63) is 66.2 Å². The Morgan fingerprint density at radius 2 is 1.59 bits per heavy atom. The molecule has 1 aliphatic rings. The first kappa shape index (κ1) is 10.4. The van der Waals surface area contributed by atoms with E-state index >= 15 is 0 Å². The normalized spacial score (nSPS) is 17.9. The van der Waals surface area contributed by atoms with Crippen molar-refractivity contribution in [2.24, 2.45) is 0 Å². The third kappa shape index (κ3) is 1.83. The van der Waals surface area contributed by atoms with E-state index < -0.39 is 0 Å². The van der Waals surface area contributed by atoms with Gasteiger partial charge >= 0.3 is 0 Å². The van der Waals surface area contributed by atoms with E-state index in [1.54, 1.807) is 0 Å². The summed E-state index contributed by atoms with van der Waals surface area (Å²) in [6, 6.07) is 18.5. The van der Waals surface area contributed by atoms with Gasteiger partial charge in [-0.15, -0.1) is 0 Å². The molecule has 0 saturated heterocycles. The van der Waals surface area contributed by atoms with Crippen LogP contribution < -0.4 is 4.90 Å². The van der Waals surface area contributed by atoms with Crippen LogP contribution >= 0.6 is 11.6 Å². The minimum atomic E-state index is -0.132. The Morgan fingerprint density at radius 3 is 2.41 bits per heavy atom. The first-order valence-electron chi connectivity index (χ1n) is 5.62. The molecular weight excluding hydrogens is 230 g/mol. The summed E-state index contributed by atoms with van der Waals surface area (Å²) in [5.41, 5.74) is 3.34. The van der Waals surface area contributed by atoms with Gasteiger partial charge in [-0.25, -0.2) is 0 Å². The molecule has 3 rings (SSSR count). The van der Waals surface area contributed by atoms with E-state index in [0.717, 1.165) is 11.4 Å². The zero-order valence-electron chi connectivity index (χ0n) is 9.25. The van der Waals surface area contributed by atoms with E-state index in [2.05, 4.69) is 35.2 Å². The first-order chi connectivity index (χ1) is 8.36. The fraction of sp³-hybridized carbons (Fsp3) is 0.0667. The molecule has 0 aromatic heterocycles. The molecule has 2 aromatic carbocycles. The summed E-state index contributed by atoms with van der Waals surface area (Å²) >= 11 is 6.38. The molecule has 84 valence electrons. The zero-order valence-corrected chi connectivity index (χ0v) is 10.0. The highest BCUT2D eigenvalue weighted by Gasteiger charge is 2.21. The van der Waals surface area contributed by atoms with Gasteiger partial charge in [0, 0.05) is 5.69 Å². The van der Waals surface area contributed by atoms with Gasteiger partial charge in [-0.1, -0.05) is 54.1 Å². The predicted octanol–water partition coefficient (Wildman–Crippen LogP) is 4.42. The van der Waals surface area contributed by atoms with Crippen molar-refractivity contribution in [2.45, 2.75) is 5.50 Å². The van der Waals surface area contributed by atoms with Gasteiger partial charge in [0.25, 0.3) is 0 Å². The Kier molecular flexibility index (Phi) is 2.62. The Bertz CT molecular complexity index is 548. The molecule has 0 fully saturated rings. The summed E-state index contributed by atoms with van der Waals surface area (Å²) in [6.07, 6.45) is 4.09. The Balaban J connectivity index is 2.13. The fourth-order valence-corrected chi connectivity index (χ4v) is 2.41. The van der Waals surface area contributed by atoms with Crippen LogP contribution in [0.5, 0.6) is 0 Å². The predicted molar refractivity (Wildman–Crippen MR) is 73.7 cm³/mol. The highest BCUT2D eigenvalue weighted by atomic mass is 35.5. The number of rotatable bonds is 1. The maximum Gasteiger partial charge on any atom is 0.127 e. The lowest BCUT2D eigenvalue weighted by molar-refractivity contribution is 1.01. The SMILES string of the molecule is ClC1C=Cc2ccccc2N1c1ccccc1. The Morgan fingerprint density at radius 1 is 0.882 bits per heavy atom. The fourth-order valence-electron chi connectivity index (χ4n) is 2.12. The van der Waals surface area contributed by atoms with Crippen LogP contribution in [-0.2, 0) is 0 Å². The van der Waals surface area contributed by atoms with E-state index in [9.17, 15) is 0 Å². The number of benzene rings is 2. The quantitative estimate of drug-likeness (QED) is 0.528. The molecule has 1 unspecified atom stereocenters. The van der Waals surface area contributed by atoms with Crippen molar-refractivity contribution in [2.75, 3.05) is 4.90 Å². The van der Waals surface area contributed by atoms with Gasteiger partial charge in [-0.2, -0.15) is 0 Å². The van der Waals surface area contributed by atoms with Gasteiger partial charge in [0.2, 0.25) is 0 Å². The summed E-state index contributed by atoms with van der Waals surface area (Å²) in [5, 5.41) is 0. The maximum absolute atomic E-state index is 6.38.